The second-order valence-electron chi connectivity index (χ2n) is 5.38. The molecule has 0 radical (unpaired) electrons. The summed E-state index contributed by atoms with van der Waals surface area (Å²) in [6.45, 7) is 0. The summed E-state index contributed by atoms with van der Waals surface area (Å²) in [6.07, 6.45) is 0.442. The molecule has 0 N–H and O–H groups in total. The highest BCUT2D eigenvalue weighted by atomic mass is 32.2. The number of benzene rings is 2. The molecule has 110 valence electrons. The lowest BCUT2D eigenvalue weighted by atomic mass is 9.93. The Morgan fingerprint density at radius 2 is 1.91 bits per heavy atom. The van der Waals surface area contributed by atoms with Gasteiger partial charge < -0.3 is 0 Å². The number of carbonyl (C=O) groups is 1. The molecular weight excluding hydrogens is 299 g/mol. The molecule has 5 heteroatoms. The van der Waals surface area contributed by atoms with E-state index in [4.69, 9.17) is 0 Å². The Bertz CT molecular complexity index is 772. The van der Waals surface area contributed by atoms with Gasteiger partial charge in [-0.15, -0.1) is 11.8 Å². The van der Waals surface area contributed by atoms with Crippen LogP contribution >= 0.6 is 11.8 Å². The fourth-order valence-electron chi connectivity index (χ4n) is 2.83. The largest absolute Gasteiger partial charge is 0.273 e. The molecule has 1 unspecified atom stereocenters. The molecule has 0 bridgehead atoms. The Balaban J connectivity index is 1.80. The number of hydrazone groups is 1. The molecule has 0 fully saturated rings. The smallest absolute Gasteiger partial charge is 0.248 e. The lowest BCUT2D eigenvalue weighted by Crippen LogP contribution is -2.39. The van der Waals surface area contributed by atoms with Gasteiger partial charge in [-0.25, -0.2) is 9.40 Å². The fourth-order valence-corrected chi connectivity index (χ4v) is 3.99. The minimum absolute atomic E-state index is 0.0414. The van der Waals surface area contributed by atoms with Crippen LogP contribution in [0, 0.1) is 11.7 Å². The molecular formula is C17H13FN2OS. The van der Waals surface area contributed by atoms with E-state index < -0.39 is 0 Å². The maximum atomic E-state index is 13.1. The van der Waals surface area contributed by atoms with Crippen molar-refractivity contribution in [3.63, 3.8) is 0 Å². The second-order valence-corrected chi connectivity index (χ2v) is 6.44. The van der Waals surface area contributed by atoms with E-state index in [1.165, 1.54) is 22.0 Å². The summed E-state index contributed by atoms with van der Waals surface area (Å²) >= 11 is 1.77. The lowest BCUT2D eigenvalue weighted by molar-refractivity contribution is -0.119. The lowest BCUT2D eigenvalue weighted by Gasteiger charge is -2.32. The van der Waals surface area contributed by atoms with Crippen molar-refractivity contribution in [1.29, 1.82) is 0 Å². The van der Waals surface area contributed by atoms with E-state index in [0.717, 1.165) is 17.0 Å². The van der Waals surface area contributed by atoms with Crippen LogP contribution in [0.2, 0.25) is 0 Å². The molecule has 3 nitrogen and oxygen atoms in total. The molecule has 0 saturated carbocycles. The van der Waals surface area contributed by atoms with Crippen LogP contribution in [0.3, 0.4) is 0 Å². The Labute approximate surface area is 131 Å². The van der Waals surface area contributed by atoms with Crippen LogP contribution in [0.4, 0.5) is 10.1 Å². The van der Waals surface area contributed by atoms with Gasteiger partial charge in [-0.3, -0.25) is 4.79 Å². The SMILES string of the molecule is O=C1CC2CSc3ccccc3C2=NN1c1ccc(F)cc1. The van der Waals surface area contributed by atoms with Crippen molar-refractivity contribution >= 4 is 29.1 Å². The van der Waals surface area contributed by atoms with Crippen molar-refractivity contribution in [2.45, 2.75) is 11.3 Å². The minimum Gasteiger partial charge on any atom is -0.273 e. The van der Waals surface area contributed by atoms with Gasteiger partial charge in [-0.1, -0.05) is 18.2 Å². The van der Waals surface area contributed by atoms with Gasteiger partial charge in [0, 0.05) is 28.6 Å². The molecule has 2 aromatic carbocycles. The Morgan fingerprint density at radius 3 is 2.73 bits per heavy atom. The van der Waals surface area contributed by atoms with Gasteiger partial charge in [0.1, 0.15) is 5.82 Å². The highest BCUT2D eigenvalue weighted by molar-refractivity contribution is 7.99. The molecule has 2 aliphatic heterocycles. The summed E-state index contributed by atoms with van der Waals surface area (Å²) in [4.78, 5) is 13.6. The Kier molecular flexibility index (Phi) is 3.22. The van der Waals surface area contributed by atoms with Crippen LogP contribution in [0.1, 0.15) is 12.0 Å². The number of fused-ring (bicyclic) bond motifs is 3. The van der Waals surface area contributed by atoms with Gasteiger partial charge in [-0.05, 0) is 30.3 Å². The predicted molar refractivity (Wildman–Crippen MR) is 85.7 cm³/mol. The van der Waals surface area contributed by atoms with Gasteiger partial charge in [0.15, 0.2) is 0 Å². The summed E-state index contributed by atoms with van der Waals surface area (Å²) in [6, 6.07) is 14.0. The zero-order chi connectivity index (χ0) is 15.1. The van der Waals surface area contributed by atoms with Crippen molar-refractivity contribution in [2.75, 3.05) is 10.8 Å². The third-order valence-electron chi connectivity index (χ3n) is 3.93. The van der Waals surface area contributed by atoms with Crippen LogP contribution in [-0.2, 0) is 4.79 Å². The zero-order valence-corrected chi connectivity index (χ0v) is 12.5. The zero-order valence-electron chi connectivity index (χ0n) is 11.7. The number of rotatable bonds is 1. The molecule has 0 saturated heterocycles. The normalized spacial score (nSPS) is 20.2. The first-order chi connectivity index (χ1) is 10.7. The Morgan fingerprint density at radius 1 is 1.14 bits per heavy atom. The van der Waals surface area contributed by atoms with Crippen LogP contribution in [0.25, 0.3) is 0 Å². The van der Waals surface area contributed by atoms with Crippen LogP contribution in [0.5, 0.6) is 0 Å². The average molecular weight is 312 g/mol. The quantitative estimate of drug-likeness (QED) is 0.804. The topological polar surface area (TPSA) is 32.7 Å². The molecule has 4 rings (SSSR count). The number of carbonyl (C=O) groups excluding carboxylic acids is 1. The number of halogens is 1. The Hall–Kier alpha value is -2.14. The maximum Gasteiger partial charge on any atom is 0.248 e. The van der Waals surface area contributed by atoms with Crippen LogP contribution in [0.15, 0.2) is 58.5 Å². The standard InChI is InChI=1S/C17H13FN2OS/c18-12-5-7-13(8-6-12)20-16(21)9-11-10-22-15-4-2-1-3-14(15)17(11)19-20/h1-8,11H,9-10H2. The van der Waals surface area contributed by atoms with E-state index in [9.17, 15) is 9.18 Å². The molecule has 2 aliphatic rings. The molecule has 0 spiro atoms. The predicted octanol–water partition coefficient (Wildman–Crippen LogP) is 3.69. The number of nitrogens with zero attached hydrogens (tertiary/aromatic N) is 2. The minimum atomic E-state index is -0.321. The van der Waals surface area contributed by atoms with E-state index >= 15 is 0 Å². The first-order valence-electron chi connectivity index (χ1n) is 7.11. The number of amides is 1. The van der Waals surface area contributed by atoms with E-state index in [1.54, 1.807) is 23.9 Å². The van der Waals surface area contributed by atoms with Crippen molar-refractivity contribution < 1.29 is 9.18 Å². The van der Waals surface area contributed by atoms with Crippen molar-refractivity contribution in [2.24, 2.45) is 11.0 Å². The average Bonchev–Trinajstić information content (AvgIpc) is 2.55. The summed E-state index contributed by atoms with van der Waals surface area (Å²) in [7, 11) is 0. The number of hydrogen-bond donors (Lipinski definition) is 0. The monoisotopic (exact) mass is 312 g/mol. The molecule has 1 atom stereocenters. The van der Waals surface area contributed by atoms with Crippen molar-refractivity contribution in [3.05, 3.63) is 59.9 Å². The summed E-state index contributed by atoms with van der Waals surface area (Å²) in [5.74, 6) is 0.668. The molecule has 22 heavy (non-hydrogen) atoms. The highest BCUT2D eigenvalue weighted by Crippen LogP contribution is 2.37. The van der Waals surface area contributed by atoms with Gasteiger partial charge in [0.25, 0.3) is 0 Å². The van der Waals surface area contributed by atoms with E-state index in [-0.39, 0.29) is 17.6 Å². The third-order valence-corrected chi connectivity index (χ3v) is 5.16. The van der Waals surface area contributed by atoms with Gasteiger partial charge >= 0.3 is 0 Å². The van der Waals surface area contributed by atoms with E-state index in [1.807, 2.05) is 18.2 Å². The highest BCUT2D eigenvalue weighted by Gasteiger charge is 2.34. The molecule has 1 amide bonds. The van der Waals surface area contributed by atoms with E-state index in [2.05, 4.69) is 11.2 Å². The van der Waals surface area contributed by atoms with E-state index in [0.29, 0.717) is 12.1 Å². The summed E-state index contributed by atoms with van der Waals surface area (Å²) < 4.78 is 13.1. The van der Waals surface area contributed by atoms with Crippen molar-refractivity contribution in [3.8, 4) is 0 Å². The summed E-state index contributed by atoms with van der Waals surface area (Å²) in [5.41, 5.74) is 2.66. The molecule has 0 aliphatic carbocycles. The third kappa shape index (κ3) is 2.22. The second kappa shape index (κ2) is 5.25. The van der Waals surface area contributed by atoms with Gasteiger partial charge in [0.05, 0.1) is 11.4 Å². The van der Waals surface area contributed by atoms with Crippen LogP contribution < -0.4 is 5.01 Å². The summed E-state index contributed by atoms with van der Waals surface area (Å²) in [5, 5.41) is 5.99. The first-order valence-corrected chi connectivity index (χ1v) is 8.10. The van der Waals surface area contributed by atoms with Crippen molar-refractivity contribution in [1.82, 2.24) is 0 Å². The fraction of sp³-hybridized carbons (Fsp3) is 0.176. The molecule has 2 heterocycles. The van der Waals surface area contributed by atoms with Gasteiger partial charge in [-0.2, -0.15) is 5.10 Å². The number of anilines is 1. The van der Waals surface area contributed by atoms with Crippen LogP contribution in [-0.4, -0.2) is 17.4 Å². The molecule has 0 aromatic heterocycles. The maximum absolute atomic E-state index is 13.1. The van der Waals surface area contributed by atoms with Gasteiger partial charge in [0.2, 0.25) is 5.91 Å². The molecule has 2 aromatic rings. The number of hydrogen-bond acceptors (Lipinski definition) is 3. The number of thioether (sulfide) groups is 1. The first kappa shape index (κ1) is 13.5.